The Morgan fingerprint density at radius 1 is 1.00 bits per heavy atom. The third kappa shape index (κ3) is 3.55. The monoisotopic (exact) mass is 442 g/mol. The molecule has 5 aromatic rings. The van der Waals surface area contributed by atoms with Crippen LogP contribution in [0.25, 0.3) is 33.8 Å². The zero-order valence-corrected chi connectivity index (χ0v) is 19.4. The molecule has 168 valence electrons. The van der Waals surface area contributed by atoms with Gasteiger partial charge in [0.25, 0.3) is 6.01 Å². The number of fused-ring (bicyclic) bond motifs is 1. The molecular formula is C24H26N8O. The van der Waals surface area contributed by atoms with Gasteiger partial charge in [-0.05, 0) is 66.9 Å². The van der Waals surface area contributed by atoms with E-state index in [1.165, 1.54) is 0 Å². The third-order valence-corrected chi connectivity index (χ3v) is 5.96. The highest BCUT2D eigenvalue weighted by Crippen LogP contribution is 2.34. The SMILES string of the molecule is CCn1c(C)cc(-c2nnn[nH]2)c1-c1ccc(Cn2c(OC)nc3c(C)cc(C)nc32)cc1. The van der Waals surface area contributed by atoms with E-state index in [9.17, 15) is 0 Å². The maximum atomic E-state index is 5.57. The van der Waals surface area contributed by atoms with Crippen molar-refractivity contribution >= 4 is 11.2 Å². The summed E-state index contributed by atoms with van der Waals surface area (Å²) in [6, 6.07) is 13.3. The number of ether oxygens (including phenoxy) is 1. The molecule has 1 N–H and O–H groups in total. The van der Waals surface area contributed by atoms with E-state index in [0.29, 0.717) is 18.4 Å². The van der Waals surface area contributed by atoms with Crippen molar-refractivity contribution in [2.45, 2.75) is 40.8 Å². The van der Waals surface area contributed by atoms with Crippen molar-refractivity contribution in [1.82, 2.24) is 39.7 Å². The van der Waals surface area contributed by atoms with Crippen molar-refractivity contribution in [3.63, 3.8) is 0 Å². The minimum atomic E-state index is 0.561. The van der Waals surface area contributed by atoms with E-state index in [0.717, 1.165) is 57.0 Å². The second-order valence-electron chi connectivity index (χ2n) is 8.18. The molecule has 4 heterocycles. The van der Waals surface area contributed by atoms with Crippen LogP contribution < -0.4 is 4.74 Å². The highest BCUT2D eigenvalue weighted by Gasteiger charge is 2.19. The molecule has 0 fully saturated rings. The highest BCUT2D eigenvalue weighted by molar-refractivity contribution is 5.80. The second kappa shape index (κ2) is 8.16. The smallest absolute Gasteiger partial charge is 0.298 e. The zero-order chi connectivity index (χ0) is 23.1. The lowest BCUT2D eigenvalue weighted by Gasteiger charge is -2.12. The average Bonchev–Trinajstić information content (AvgIpc) is 3.52. The summed E-state index contributed by atoms with van der Waals surface area (Å²) < 4.78 is 9.86. The summed E-state index contributed by atoms with van der Waals surface area (Å²) >= 11 is 0. The molecule has 0 bridgehead atoms. The lowest BCUT2D eigenvalue weighted by atomic mass is 10.0. The van der Waals surface area contributed by atoms with Gasteiger partial charge in [-0.15, -0.1) is 5.10 Å². The van der Waals surface area contributed by atoms with Crippen molar-refractivity contribution < 1.29 is 4.74 Å². The van der Waals surface area contributed by atoms with Gasteiger partial charge < -0.3 is 9.30 Å². The second-order valence-corrected chi connectivity index (χ2v) is 8.18. The standard InChI is InChI=1S/C24H26N8O/c1-6-31-16(4)12-19(22-27-29-30-28-22)21(31)18-9-7-17(8-10-18)13-32-23-20(26-24(32)33-5)14(2)11-15(3)25-23/h7-12H,6,13H2,1-5H3,(H,27,28,29,30). The Kier molecular flexibility index (Phi) is 5.16. The summed E-state index contributed by atoms with van der Waals surface area (Å²) in [5.41, 5.74) is 9.25. The van der Waals surface area contributed by atoms with E-state index < -0.39 is 0 Å². The number of rotatable bonds is 6. The molecule has 0 amide bonds. The van der Waals surface area contributed by atoms with Gasteiger partial charge in [-0.1, -0.05) is 24.3 Å². The molecule has 9 heteroatoms. The molecule has 4 aromatic heterocycles. The van der Waals surface area contributed by atoms with Gasteiger partial charge in [0.15, 0.2) is 11.5 Å². The molecule has 0 radical (unpaired) electrons. The first kappa shape index (κ1) is 20.9. The maximum absolute atomic E-state index is 5.57. The van der Waals surface area contributed by atoms with Crippen LogP contribution >= 0.6 is 0 Å². The Hall–Kier alpha value is -4.01. The first-order valence-electron chi connectivity index (χ1n) is 10.9. The maximum Gasteiger partial charge on any atom is 0.298 e. The number of nitrogens with zero attached hydrogens (tertiary/aromatic N) is 7. The Morgan fingerprint density at radius 2 is 1.79 bits per heavy atom. The molecule has 0 unspecified atom stereocenters. The van der Waals surface area contributed by atoms with Gasteiger partial charge in [0, 0.05) is 23.5 Å². The number of nitrogens with one attached hydrogen (secondary N) is 1. The van der Waals surface area contributed by atoms with Gasteiger partial charge in [-0.2, -0.15) is 4.98 Å². The van der Waals surface area contributed by atoms with Gasteiger partial charge in [0.05, 0.1) is 19.3 Å². The number of pyridine rings is 1. The summed E-state index contributed by atoms with van der Waals surface area (Å²) in [7, 11) is 1.64. The fourth-order valence-electron chi connectivity index (χ4n) is 4.48. The number of aryl methyl sites for hydroxylation is 3. The van der Waals surface area contributed by atoms with Gasteiger partial charge in [0.2, 0.25) is 0 Å². The van der Waals surface area contributed by atoms with E-state index in [-0.39, 0.29) is 0 Å². The molecule has 0 saturated carbocycles. The van der Waals surface area contributed by atoms with Crippen LogP contribution in [0, 0.1) is 20.8 Å². The fraction of sp³-hybridized carbons (Fsp3) is 0.292. The van der Waals surface area contributed by atoms with Gasteiger partial charge in [-0.25, -0.2) is 10.1 Å². The number of aromatic amines is 1. The quantitative estimate of drug-likeness (QED) is 0.425. The van der Waals surface area contributed by atoms with Crippen molar-refractivity contribution in [3.05, 3.63) is 58.9 Å². The molecule has 9 nitrogen and oxygen atoms in total. The van der Waals surface area contributed by atoms with E-state index in [1.807, 2.05) is 17.6 Å². The largest absolute Gasteiger partial charge is 0.468 e. The Labute approximate surface area is 191 Å². The van der Waals surface area contributed by atoms with Crippen LogP contribution in [0.15, 0.2) is 36.4 Å². The molecule has 33 heavy (non-hydrogen) atoms. The average molecular weight is 443 g/mol. The molecule has 0 saturated heterocycles. The summed E-state index contributed by atoms with van der Waals surface area (Å²) in [5, 5.41) is 14.5. The minimum absolute atomic E-state index is 0.561. The highest BCUT2D eigenvalue weighted by atomic mass is 16.5. The number of hydrogen-bond donors (Lipinski definition) is 1. The molecular weight excluding hydrogens is 416 g/mol. The van der Waals surface area contributed by atoms with Crippen molar-refractivity contribution in [2.75, 3.05) is 7.11 Å². The first-order valence-corrected chi connectivity index (χ1v) is 10.9. The predicted molar refractivity (Wildman–Crippen MR) is 126 cm³/mol. The molecule has 0 aliphatic rings. The van der Waals surface area contributed by atoms with Crippen LogP contribution in [0.1, 0.15) is 29.4 Å². The summed E-state index contributed by atoms with van der Waals surface area (Å²) in [6.45, 7) is 9.75. The number of tetrazole rings is 1. The number of aromatic nitrogens is 8. The van der Waals surface area contributed by atoms with Gasteiger partial charge >= 0.3 is 0 Å². The van der Waals surface area contributed by atoms with E-state index in [2.05, 4.69) is 81.3 Å². The minimum Gasteiger partial charge on any atom is -0.468 e. The van der Waals surface area contributed by atoms with Gasteiger partial charge in [0.1, 0.15) is 5.52 Å². The summed E-state index contributed by atoms with van der Waals surface area (Å²) in [6.07, 6.45) is 0. The first-order chi connectivity index (χ1) is 16.0. The van der Waals surface area contributed by atoms with Crippen LogP contribution in [-0.4, -0.2) is 46.8 Å². The van der Waals surface area contributed by atoms with E-state index in [4.69, 9.17) is 9.72 Å². The van der Waals surface area contributed by atoms with Gasteiger partial charge in [-0.3, -0.25) is 4.57 Å². The zero-order valence-electron chi connectivity index (χ0n) is 19.4. The lowest BCUT2D eigenvalue weighted by Crippen LogP contribution is -2.04. The number of H-pyrrole nitrogens is 1. The van der Waals surface area contributed by atoms with Crippen molar-refractivity contribution in [2.24, 2.45) is 0 Å². The molecule has 0 aliphatic carbocycles. The Bertz CT molecular complexity index is 1430. The van der Waals surface area contributed by atoms with Crippen LogP contribution in [-0.2, 0) is 13.1 Å². The van der Waals surface area contributed by atoms with E-state index in [1.54, 1.807) is 7.11 Å². The van der Waals surface area contributed by atoms with Crippen LogP contribution in [0.5, 0.6) is 6.01 Å². The van der Waals surface area contributed by atoms with Crippen LogP contribution in [0.2, 0.25) is 0 Å². The van der Waals surface area contributed by atoms with Crippen molar-refractivity contribution in [3.8, 4) is 28.7 Å². The van der Waals surface area contributed by atoms with Crippen LogP contribution in [0.4, 0.5) is 0 Å². The molecule has 1 aromatic carbocycles. The number of methoxy groups -OCH3 is 1. The predicted octanol–water partition coefficient (Wildman–Crippen LogP) is 4.08. The number of hydrogen-bond acceptors (Lipinski definition) is 6. The summed E-state index contributed by atoms with van der Waals surface area (Å²) in [5.74, 6) is 0.663. The van der Waals surface area contributed by atoms with Crippen LogP contribution in [0.3, 0.4) is 0 Å². The molecule has 0 aliphatic heterocycles. The third-order valence-electron chi connectivity index (χ3n) is 5.96. The normalized spacial score (nSPS) is 11.4. The fourth-order valence-corrected chi connectivity index (χ4v) is 4.48. The summed E-state index contributed by atoms with van der Waals surface area (Å²) in [4.78, 5) is 9.38. The molecule has 0 atom stereocenters. The van der Waals surface area contributed by atoms with Crippen molar-refractivity contribution in [1.29, 1.82) is 0 Å². The lowest BCUT2D eigenvalue weighted by molar-refractivity contribution is 0.363. The Morgan fingerprint density at radius 3 is 2.45 bits per heavy atom. The Balaban J connectivity index is 1.54. The number of imidazole rings is 1. The number of benzene rings is 1. The molecule has 5 rings (SSSR count). The topological polar surface area (TPSA) is 99.3 Å². The van der Waals surface area contributed by atoms with E-state index >= 15 is 0 Å². The molecule has 0 spiro atoms.